The number of aromatic nitrogens is 4. The third kappa shape index (κ3) is 4.26. The van der Waals surface area contributed by atoms with E-state index in [1.807, 2.05) is 33.8 Å². The van der Waals surface area contributed by atoms with Gasteiger partial charge in [0.1, 0.15) is 30.2 Å². The number of aryl methyl sites for hydroxylation is 1. The first-order chi connectivity index (χ1) is 16.5. The molecule has 2 N–H and O–H groups in total. The lowest BCUT2D eigenvalue weighted by molar-refractivity contribution is -0.127. The number of likely N-dealkylation sites (tertiary alicyclic amines) is 1. The predicted molar refractivity (Wildman–Crippen MR) is 134 cm³/mol. The summed E-state index contributed by atoms with van der Waals surface area (Å²) in [6.45, 7) is 7.42. The molecule has 3 aromatic heterocycles. The van der Waals surface area contributed by atoms with E-state index in [0.717, 1.165) is 46.7 Å². The molecule has 1 saturated heterocycles. The predicted octanol–water partition coefficient (Wildman–Crippen LogP) is 4.37. The summed E-state index contributed by atoms with van der Waals surface area (Å²) < 4.78 is 7.85. The van der Waals surface area contributed by atoms with Crippen LogP contribution in [0.25, 0.3) is 22.3 Å². The number of piperidine rings is 1. The molecule has 1 fully saturated rings. The van der Waals surface area contributed by atoms with Gasteiger partial charge in [-0.15, -0.1) is 11.3 Å². The molecule has 0 saturated carbocycles. The van der Waals surface area contributed by atoms with E-state index in [1.54, 1.807) is 11.3 Å². The van der Waals surface area contributed by atoms with Crippen LogP contribution in [0.15, 0.2) is 54.7 Å². The van der Waals surface area contributed by atoms with Crippen molar-refractivity contribution in [3.63, 3.8) is 0 Å². The molecule has 1 aromatic carbocycles. The summed E-state index contributed by atoms with van der Waals surface area (Å²) in [5.74, 6) is 1.17. The zero-order valence-electron chi connectivity index (χ0n) is 19.0. The lowest BCUT2D eigenvalue weighted by atomic mass is 10.1. The lowest BCUT2D eigenvalue weighted by Gasteiger charge is -2.32. The van der Waals surface area contributed by atoms with E-state index in [-0.39, 0.29) is 11.9 Å². The lowest BCUT2D eigenvalue weighted by Crippen LogP contribution is -2.40. The molecule has 174 valence electrons. The van der Waals surface area contributed by atoms with Crippen LogP contribution in [0.1, 0.15) is 29.3 Å². The van der Waals surface area contributed by atoms with Gasteiger partial charge in [-0.25, -0.2) is 14.6 Å². The molecule has 9 heteroatoms. The van der Waals surface area contributed by atoms with Gasteiger partial charge in [0.05, 0.1) is 11.4 Å². The Labute approximate surface area is 201 Å². The van der Waals surface area contributed by atoms with Gasteiger partial charge in [0.25, 0.3) is 0 Å². The van der Waals surface area contributed by atoms with Crippen molar-refractivity contribution in [2.75, 3.05) is 18.8 Å². The number of carbonyl (C=O) groups excluding carboxylic acids is 1. The second-order valence-electron chi connectivity index (χ2n) is 8.44. The number of hydrogen-bond acceptors (Lipinski definition) is 7. The van der Waals surface area contributed by atoms with Crippen molar-refractivity contribution >= 4 is 34.1 Å². The minimum atomic E-state index is -0.0634. The smallest absolute Gasteiger partial charge is 0.246 e. The Bertz CT molecular complexity index is 1340. The summed E-state index contributed by atoms with van der Waals surface area (Å²) in [7, 11) is 0. The fraction of sp³-hybridized carbons (Fsp3) is 0.280. The number of nitrogens with zero attached hydrogens (tertiary/aromatic N) is 5. The summed E-state index contributed by atoms with van der Waals surface area (Å²) in [6.07, 6.45) is 4.62. The number of hydrogen-bond donors (Lipinski definition) is 1. The van der Waals surface area contributed by atoms with E-state index < -0.39 is 0 Å². The van der Waals surface area contributed by atoms with Crippen LogP contribution in [0.5, 0.6) is 5.75 Å². The first-order valence-electron chi connectivity index (χ1n) is 11.2. The standard InChI is InChI=1S/C25H26N6O2S/c1-3-21(32)30-10-4-5-18(12-30)31-25-22(24(26)27-15-28-25)23(29-31)17-11-20(34-14-17)13-33-19-8-6-16(2)7-9-19/h3,6-9,11,14-15,18H,1,4-5,10,12-13H2,2H3,(H2,26,27,28)/t18-/m1/s1. The molecule has 8 nitrogen and oxygen atoms in total. The zero-order chi connectivity index (χ0) is 23.7. The molecule has 1 aliphatic heterocycles. The van der Waals surface area contributed by atoms with Crippen molar-refractivity contribution in [2.24, 2.45) is 0 Å². The Hall–Kier alpha value is -3.72. The maximum absolute atomic E-state index is 12.2. The number of thiophene rings is 1. The highest BCUT2D eigenvalue weighted by Crippen LogP contribution is 2.35. The molecule has 1 aliphatic rings. The Kier molecular flexibility index (Phi) is 6.02. The van der Waals surface area contributed by atoms with E-state index in [9.17, 15) is 4.79 Å². The topological polar surface area (TPSA) is 99.2 Å². The number of nitrogens with two attached hydrogens (primary N) is 1. The minimum absolute atomic E-state index is 0.00572. The van der Waals surface area contributed by atoms with E-state index in [0.29, 0.717) is 24.6 Å². The number of benzene rings is 1. The van der Waals surface area contributed by atoms with Gasteiger partial charge in [-0.3, -0.25) is 4.79 Å². The van der Waals surface area contributed by atoms with Gasteiger partial charge in [0.15, 0.2) is 5.65 Å². The first kappa shape index (κ1) is 22.1. The van der Waals surface area contributed by atoms with Crippen LogP contribution in [0.4, 0.5) is 5.82 Å². The number of ether oxygens (including phenoxy) is 1. The van der Waals surface area contributed by atoms with E-state index >= 15 is 0 Å². The minimum Gasteiger partial charge on any atom is -0.488 e. The molecule has 0 spiro atoms. The summed E-state index contributed by atoms with van der Waals surface area (Å²) in [6, 6.07) is 10.1. The van der Waals surface area contributed by atoms with Crippen molar-refractivity contribution in [1.82, 2.24) is 24.6 Å². The Morgan fingerprint density at radius 2 is 2.15 bits per heavy atom. The summed E-state index contributed by atoms with van der Waals surface area (Å²) in [5.41, 5.74) is 9.87. The normalized spacial score (nSPS) is 16.0. The highest BCUT2D eigenvalue weighted by atomic mass is 32.1. The van der Waals surface area contributed by atoms with Crippen molar-refractivity contribution in [3.05, 3.63) is 65.1 Å². The van der Waals surface area contributed by atoms with Gasteiger partial charge < -0.3 is 15.4 Å². The number of fused-ring (bicyclic) bond motifs is 1. The third-order valence-corrected chi connectivity index (χ3v) is 6.99. The summed E-state index contributed by atoms with van der Waals surface area (Å²) in [5, 5.41) is 7.73. The second kappa shape index (κ2) is 9.26. The van der Waals surface area contributed by atoms with Crippen LogP contribution in [0.2, 0.25) is 0 Å². The molecular weight excluding hydrogens is 448 g/mol. The molecule has 0 unspecified atom stereocenters. The van der Waals surface area contributed by atoms with Gasteiger partial charge in [-0.1, -0.05) is 24.3 Å². The maximum atomic E-state index is 12.2. The van der Waals surface area contributed by atoms with E-state index in [1.165, 1.54) is 18.0 Å². The van der Waals surface area contributed by atoms with Crippen molar-refractivity contribution < 1.29 is 9.53 Å². The zero-order valence-corrected chi connectivity index (χ0v) is 19.8. The average molecular weight is 475 g/mol. The van der Waals surface area contributed by atoms with Crippen LogP contribution in [0.3, 0.4) is 0 Å². The fourth-order valence-electron chi connectivity index (χ4n) is 4.31. The fourth-order valence-corrected chi connectivity index (χ4v) is 5.09. The van der Waals surface area contributed by atoms with Crippen molar-refractivity contribution in [1.29, 1.82) is 0 Å². The van der Waals surface area contributed by atoms with Crippen LogP contribution in [-0.4, -0.2) is 43.6 Å². The first-order valence-corrected chi connectivity index (χ1v) is 12.1. The number of carbonyl (C=O) groups is 1. The Balaban J connectivity index is 1.44. The number of nitrogen functional groups attached to an aromatic ring is 1. The van der Waals surface area contributed by atoms with Crippen molar-refractivity contribution in [3.8, 4) is 17.0 Å². The Morgan fingerprint density at radius 3 is 2.94 bits per heavy atom. The van der Waals surface area contributed by atoms with Gasteiger partial charge in [0, 0.05) is 28.9 Å². The van der Waals surface area contributed by atoms with Gasteiger partial charge in [-0.05, 0) is 44.0 Å². The van der Waals surface area contributed by atoms with Crippen LogP contribution >= 0.6 is 11.3 Å². The molecule has 4 aromatic rings. The van der Waals surface area contributed by atoms with E-state index in [4.69, 9.17) is 15.6 Å². The molecule has 4 heterocycles. The van der Waals surface area contributed by atoms with Crippen LogP contribution < -0.4 is 10.5 Å². The van der Waals surface area contributed by atoms with Gasteiger partial charge in [-0.2, -0.15) is 5.10 Å². The molecular formula is C25H26N6O2S. The highest BCUT2D eigenvalue weighted by Gasteiger charge is 2.28. The molecule has 1 atom stereocenters. The number of rotatable bonds is 6. The molecule has 1 amide bonds. The number of anilines is 1. The quantitative estimate of drug-likeness (QED) is 0.417. The van der Waals surface area contributed by atoms with Gasteiger partial charge >= 0.3 is 0 Å². The van der Waals surface area contributed by atoms with Gasteiger partial charge in [0.2, 0.25) is 5.91 Å². The summed E-state index contributed by atoms with van der Waals surface area (Å²) >= 11 is 1.61. The largest absolute Gasteiger partial charge is 0.488 e. The maximum Gasteiger partial charge on any atom is 0.246 e. The third-order valence-electron chi connectivity index (χ3n) is 6.08. The Morgan fingerprint density at radius 1 is 1.32 bits per heavy atom. The molecule has 0 aliphatic carbocycles. The summed E-state index contributed by atoms with van der Waals surface area (Å²) in [4.78, 5) is 23.8. The SMILES string of the molecule is C=CC(=O)N1CCC[C@@H](n2nc(-c3csc(COc4ccc(C)cc4)c3)c3c(N)ncnc32)C1. The van der Waals surface area contributed by atoms with Crippen LogP contribution in [0, 0.1) is 6.92 Å². The molecule has 0 radical (unpaired) electrons. The number of amides is 1. The second-order valence-corrected chi connectivity index (χ2v) is 9.43. The molecule has 34 heavy (non-hydrogen) atoms. The monoisotopic (exact) mass is 474 g/mol. The average Bonchev–Trinajstić information content (AvgIpc) is 3.49. The molecule has 5 rings (SSSR count). The highest BCUT2D eigenvalue weighted by molar-refractivity contribution is 7.10. The molecule has 0 bridgehead atoms. The van der Waals surface area contributed by atoms with Crippen molar-refractivity contribution in [2.45, 2.75) is 32.4 Å². The van der Waals surface area contributed by atoms with Crippen LogP contribution in [-0.2, 0) is 11.4 Å². The van der Waals surface area contributed by atoms with E-state index in [2.05, 4.69) is 34.9 Å².